The molecule has 9 nitrogen and oxygen atoms in total. The fourth-order valence-corrected chi connectivity index (χ4v) is 5.81. The van der Waals surface area contributed by atoms with Gasteiger partial charge in [-0.2, -0.15) is 0 Å². The number of phenols is 9. The molecule has 0 unspecified atom stereocenters. The van der Waals surface area contributed by atoms with Crippen LogP contribution in [0, 0.1) is 0 Å². The molecule has 0 saturated carbocycles. The predicted molar refractivity (Wildman–Crippen MR) is 144 cm³/mol. The molecular formula is C31H22O9. The summed E-state index contributed by atoms with van der Waals surface area (Å²) in [5, 5.41) is 94.8. The smallest absolute Gasteiger partial charge is 0.200 e. The number of phenolic OH excluding ortho intramolecular Hbond substituents is 9. The third kappa shape index (κ3) is 3.08. The molecule has 0 fully saturated rings. The summed E-state index contributed by atoms with van der Waals surface area (Å²) in [5.41, 5.74) is 1.14. The van der Waals surface area contributed by atoms with E-state index in [-0.39, 0.29) is 16.7 Å². The highest BCUT2D eigenvalue weighted by atomic mass is 16.3. The predicted octanol–water partition coefficient (Wildman–Crippen LogP) is 5.07. The van der Waals surface area contributed by atoms with Crippen molar-refractivity contribution in [2.24, 2.45) is 0 Å². The average molecular weight is 539 g/mol. The average Bonchev–Trinajstić information content (AvgIpc) is 3.24. The highest BCUT2D eigenvalue weighted by molar-refractivity contribution is 5.94. The summed E-state index contributed by atoms with van der Waals surface area (Å²) in [4.78, 5) is 0. The topological polar surface area (TPSA) is 182 Å². The lowest BCUT2D eigenvalue weighted by Crippen LogP contribution is -2.29. The van der Waals surface area contributed by atoms with Gasteiger partial charge < -0.3 is 46.0 Å². The van der Waals surface area contributed by atoms with Crippen molar-refractivity contribution in [3.63, 3.8) is 0 Å². The number of benzene rings is 5. The Morgan fingerprint density at radius 1 is 0.375 bits per heavy atom. The van der Waals surface area contributed by atoms with Crippen LogP contribution in [0.1, 0.15) is 22.3 Å². The maximum atomic E-state index is 11.3. The molecule has 0 aliphatic heterocycles. The van der Waals surface area contributed by atoms with Crippen molar-refractivity contribution >= 4 is 0 Å². The summed E-state index contributed by atoms with van der Waals surface area (Å²) in [6, 6.07) is 19.8. The van der Waals surface area contributed by atoms with Gasteiger partial charge in [0.1, 0.15) is 0 Å². The second kappa shape index (κ2) is 8.40. The molecule has 0 spiro atoms. The summed E-state index contributed by atoms with van der Waals surface area (Å²) in [5.74, 6) is -6.14. The minimum Gasteiger partial charge on any atom is -0.504 e. The standard InChI is InChI=1S/C31H22O9/c32-21-10-8-19(26(36)29(21)39)31(20-9-11-22(33)30(40)27(20)37)18-7-2-1-4-16(18)17-6-3-5-15(25(17)31)14-12-23(34)28(38)24(35)13-14/h1-13,32-40H. The fraction of sp³-hybridized carbons (Fsp3) is 0.0323. The van der Waals surface area contributed by atoms with E-state index in [1.165, 1.54) is 36.4 Å². The molecule has 1 aliphatic carbocycles. The number of fused-ring (bicyclic) bond motifs is 3. The fourth-order valence-electron chi connectivity index (χ4n) is 5.81. The van der Waals surface area contributed by atoms with Gasteiger partial charge in [-0.1, -0.05) is 42.5 Å². The quantitative estimate of drug-likeness (QED) is 0.139. The Kier molecular flexibility index (Phi) is 5.17. The Hall–Kier alpha value is -5.70. The van der Waals surface area contributed by atoms with Crippen molar-refractivity contribution in [1.82, 2.24) is 0 Å². The summed E-state index contributed by atoms with van der Waals surface area (Å²) in [6.45, 7) is 0. The molecule has 0 radical (unpaired) electrons. The van der Waals surface area contributed by atoms with Gasteiger partial charge >= 0.3 is 0 Å². The van der Waals surface area contributed by atoms with Crippen molar-refractivity contribution in [3.05, 3.63) is 101 Å². The summed E-state index contributed by atoms with van der Waals surface area (Å²) < 4.78 is 0. The van der Waals surface area contributed by atoms with Crippen LogP contribution in [-0.2, 0) is 5.41 Å². The highest BCUT2D eigenvalue weighted by Crippen LogP contribution is 2.64. The molecule has 0 saturated heterocycles. The first kappa shape index (κ1) is 24.6. The van der Waals surface area contributed by atoms with E-state index in [0.29, 0.717) is 27.8 Å². The first-order chi connectivity index (χ1) is 19.1. The van der Waals surface area contributed by atoms with Crippen LogP contribution in [0.5, 0.6) is 51.7 Å². The molecule has 5 aromatic rings. The Bertz CT molecular complexity index is 1780. The van der Waals surface area contributed by atoms with Gasteiger partial charge in [0.15, 0.2) is 40.2 Å². The molecule has 1 aliphatic rings. The zero-order valence-electron chi connectivity index (χ0n) is 20.5. The van der Waals surface area contributed by atoms with Gasteiger partial charge in [0, 0.05) is 11.1 Å². The zero-order chi connectivity index (χ0) is 28.5. The van der Waals surface area contributed by atoms with Crippen LogP contribution in [0.25, 0.3) is 22.3 Å². The Balaban J connectivity index is 1.88. The van der Waals surface area contributed by atoms with Crippen LogP contribution in [-0.4, -0.2) is 46.0 Å². The first-order valence-electron chi connectivity index (χ1n) is 12.1. The van der Waals surface area contributed by atoms with Gasteiger partial charge in [0.2, 0.25) is 11.5 Å². The second-order valence-corrected chi connectivity index (χ2v) is 9.55. The summed E-state index contributed by atoms with van der Waals surface area (Å²) >= 11 is 0. The van der Waals surface area contributed by atoms with Crippen LogP contribution in [0.15, 0.2) is 78.9 Å². The number of hydrogen-bond donors (Lipinski definition) is 9. The van der Waals surface area contributed by atoms with Crippen molar-refractivity contribution < 1.29 is 46.0 Å². The highest BCUT2D eigenvalue weighted by Gasteiger charge is 2.51. The largest absolute Gasteiger partial charge is 0.504 e. The maximum Gasteiger partial charge on any atom is 0.200 e. The van der Waals surface area contributed by atoms with E-state index >= 15 is 0 Å². The van der Waals surface area contributed by atoms with Crippen molar-refractivity contribution in [3.8, 4) is 74.0 Å². The van der Waals surface area contributed by atoms with Crippen molar-refractivity contribution in [2.75, 3.05) is 0 Å². The van der Waals surface area contributed by atoms with Crippen molar-refractivity contribution in [1.29, 1.82) is 0 Å². The minimum atomic E-state index is -1.70. The molecule has 9 heteroatoms. The maximum absolute atomic E-state index is 11.3. The minimum absolute atomic E-state index is 0.00839. The van der Waals surface area contributed by atoms with Gasteiger partial charge in [-0.3, -0.25) is 0 Å². The van der Waals surface area contributed by atoms with E-state index in [2.05, 4.69) is 0 Å². The Morgan fingerprint density at radius 2 is 0.875 bits per heavy atom. The Morgan fingerprint density at radius 3 is 1.45 bits per heavy atom. The molecule has 0 aromatic heterocycles. The van der Waals surface area contributed by atoms with Crippen LogP contribution < -0.4 is 0 Å². The summed E-state index contributed by atoms with van der Waals surface area (Å²) in [6.07, 6.45) is 0. The molecule has 0 heterocycles. The van der Waals surface area contributed by atoms with Crippen LogP contribution in [0.3, 0.4) is 0 Å². The summed E-state index contributed by atoms with van der Waals surface area (Å²) in [7, 11) is 0. The van der Waals surface area contributed by atoms with E-state index < -0.39 is 57.2 Å². The number of hydrogen-bond acceptors (Lipinski definition) is 9. The molecule has 5 aromatic carbocycles. The molecule has 6 rings (SSSR count). The Labute approximate surface area is 226 Å². The third-order valence-electron chi connectivity index (χ3n) is 7.51. The molecule has 0 atom stereocenters. The lowest BCUT2D eigenvalue weighted by molar-refractivity contribution is 0.357. The lowest BCUT2D eigenvalue weighted by atomic mass is 9.65. The van der Waals surface area contributed by atoms with E-state index in [1.54, 1.807) is 42.5 Å². The van der Waals surface area contributed by atoms with Crippen LogP contribution in [0.4, 0.5) is 0 Å². The monoisotopic (exact) mass is 538 g/mol. The molecule has 0 amide bonds. The normalized spacial score (nSPS) is 13.1. The van der Waals surface area contributed by atoms with Gasteiger partial charge in [-0.05, 0) is 69.8 Å². The molecule has 9 N–H and O–H groups in total. The SMILES string of the molecule is Oc1cc(-c2cccc3c2C(c2ccc(O)c(O)c2O)(c2ccc(O)c(O)c2O)c2ccccc2-3)cc(O)c1O. The van der Waals surface area contributed by atoms with Crippen LogP contribution in [0.2, 0.25) is 0 Å². The third-order valence-corrected chi connectivity index (χ3v) is 7.51. The van der Waals surface area contributed by atoms with E-state index in [1.807, 2.05) is 0 Å². The molecule has 200 valence electrons. The van der Waals surface area contributed by atoms with Gasteiger partial charge in [0.05, 0.1) is 5.41 Å². The first-order valence-corrected chi connectivity index (χ1v) is 12.1. The molecule has 40 heavy (non-hydrogen) atoms. The number of rotatable bonds is 3. The van der Waals surface area contributed by atoms with Gasteiger partial charge in [0.25, 0.3) is 0 Å². The molecular weight excluding hydrogens is 516 g/mol. The number of aromatic hydroxyl groups is 9. The van der Waals surface area contributed by atoms with E-state index in [4.69, 9.17) is 0 Å². The van der Waals surface area contributed by atoms with Crippen LogP contribution >= 0.6 is 0 Å². The zero-order valence-corrected chi connectivity index (χ0v) is 20.5. The lowest BCUT2D eigenvalue weighted by Gasteiger charge is -2.36. The van der Waals surface area contributed by atoms with Crippen molar-refractivity contribution in [2.45, 2.75) is 5.41 Å². The van der Waals surface area contributed by atoms with Gasteiger partial charge in [-0.15, -0.1) is 0 Å². The van der Waals surface area contributed by atoms with Gasteiger partial charge in [-0.25, -0.2) is 0 Å². The second-order valence-electron chi connectivity index (χ2n) is 9.55. The van der Waals surface area contributed by atoms with E-state index in [9.17, 15) is 46.0 Å². The molecule has 0 bridgehead atoms. The van der Waals surface area contributed by atoms with E-state index in [0.717, 1.165) is 0 Å².